The van der Waals surface area contributed by atoms with Crippen molar-refractivity contribution in [3.63, 3.8) is 0 Å². The lowest BCUT2D eigenvalue weighted by Crippen LogP contribution is -2.50. The molecule has 4 heterocycles. The highest BCUT2D eigenvalue weighted by atomic mass is 35.5. The fraction of sp³-hybridized carbons (Fsp3) is 0.190. The van der Waals surface area contributed by atoms with Crippen LogP contribution in [0.5, 0.6) is 0 Å². The first-order chi connectivity index (χ1) is 15.2. The van der Waals surface area contributed by atoms with E-state index in [-0.39, 0.29) is 11.7 Å². The second kappa shape index (κ2) is 7.29. The maximum absolute atomic E-state index is 13.1. The van der Waals surface area contributed by atoms with Crippen molar-refractivity contribution >= 4 is 54.6 Å². The smallest absolute Gasteiger partial charge is 0.203 e. The van der Waals surface area contributed by atoms with Gasteiger partial charge in [-0.25, -0.2) is 9.20 Å². The highest BCUT2D eigenvalue weighted by Crippen LogP contribution is 2.47. The van der Waals surface area contributed by atoms with Gasteiger partial charge in [-0.15, -0.1) is 11.3 Å². The van der Waals surface area contributed by atoms with Gasteiger partial charge in [0.05, 0.1) is 53.8 Å². The number of hydrogen-bond donors (Lipinski definition) is 1. The van der Waals surface area contributed by atoms with Crippen molar-refractivity contribution in [1.29, 1.82) is 0 Å². The first-order valence-electron chi connectivity index (χ1n) is 9.68. The third kappa shape index (κ3) is 3.26. The Balaban J connectivity index is 1.64. The number of benzene rings is 1. The fourth-order valence-electron chi connectivity index (χ4n) is 3.83. The van der Waals surface area contributed by atoms with Crippen molar-refractivity contribution in [2.45, 2.75) is 12.5 Å². The number of rotatable bonds is 3. The fourth-order valence-corrected chi connectivity index (χ4v) is 7.40. The third-order valence-corrected chi connectivity index (χ3v) is 9.68. The molecule has 32 heavy (non-hydrogen) atoms. The predicted octanol–water partition coefficient (Wildman–Crippen LogP) is 3.30. The first kappa shape index (κ1) is 20.9. The average molecular weight is 486 g/mol. The highest BCUT2D eigenvalue weighted by Gasteiger charge is 2.40. The van der Waals surface area contributed by atoms with Crippen molar-refractivity contribution in [2.75, 3.05) is 12.8 Å². The molecule has 2 atom stereocenters. The first-order valence-corrected chi connectivity index (χ1v) is 12.7. The zero-order chi connectivity index (χ0) is 22.7. The molecule has 1 aromatic carbocycles. The summed E-state index contributed by atoms with van der Waals surface area (Å²) in [5, 5.41) is 9.76. The molecule has 1 aliphatic rings. The second-order valence-corrected chi connectivity index (χ2v) is 11.6. The minimum absolute atomic E-state index is 0.188. The van der Waals surface area contributed by atoms with E-state index >= 15 is 0 Å². The molecule has 8 nitrogen and oxygen atoms in total. The minimum Gasteiger partial charge on any atom is -0.369 e. The van der Waals surface area contributed by atoms with Gasteiger partial charge in [-0.2, -0.15) is 15.0 Å². The minimum atomic E-state index is -2.61. The summed E-state index contributed by atoms with van der Waals surface area (Å²) >= 11 is 8.33. The van der Waals surface area contributed by atoms with Gasteiger partial charge < -0.3 is 5.73 Å². The van der Waals surface area contributed by atoms with E-state index in [1.54, 1.807) is 30.4 Å². The molecule has 3 aromatic heterocycles. The number of nitrogens with two attached hydrogens (primary N) is 1. The summed E-state index contributed by atoms with van der Waals surface area (Å²) in [7, 11) is -0.970. The molecule has 164 valence electrons. The molecule has 0 saturated carbocycles. The number of halogens is 1. The van der Waals surface area contributed by atoms with Crippen LogP contribution in [0.3, 0.4) is 0 Å². The molecule has 0 aliphatic carbocycles. The highest BCUT2D eigenvalue weighted by molar-refractivity contribution is 7.98. The molecule has 2 N–H and O–H groups in total. The summed E-state index contributed by atoms with van der Waals surface area (Å²) in [6.07, 6.45) is 5.00. The van der Waals surface area contributed by atoms with Gasteiger partial charge in [0.1, 0.15) is 5.54 Å². The molecule has 11 heteroatoms. The van der Waals surface area contributed by atoms with Gasteiger partial charge in [0, 0.05) is 24.2 Å². The van der Waals surface area contributed by atoms with Crippen molar-refractivity contribution in [3.8, 4) is 16.9 Å². The Hall–Kier alpha value is -2.95. The number of guanidine groups is 1. The summed E-state index contributed by atoms with van der Waals surface area (Å²) in [4.78, 5) is 11.6. The van der Waals surface area contributed by atoms with Crippen LogP contribution in [0.1, 0.15) is 11.8 Å². The van der Waals surface area contributed by atoms with E-state index < -0.39 is 15.2 Å². The molecule has 0 spiro atoms. The van der Waals surface area contributed by atoms with E-state index in [1.165, 1.54) is 15.6 Å². The molecule has 4 aromatic rings. The molecule has 0 saturated heterocycles. The molecule has 1 aliphatic heterocycles. The topological polar surface area (TPSA) is 102 Å². The lowest BCUT2D eigenvalue weighted by molar-refractivity contribution is 0.522. The number of nitrogens with zero attached hydrogens (tertiary/aromatic N) is 6. The molecule has 0 amide bonds. The van der Waals surface area contributed by atoms with Crippen LogP contribution in [-0.2, 0) is 15.2 Å². The lowest BCUT2D eigenvalue weighted by Gasteiger charge is -2.36. The molecular weight excluding hydrogens is 466 g/mol. The number of hydrogen-bond acceptors (Lipinski definition) is 7. The molecule has 0 fully saturated rings. The van der Waals surface area contributed by atoms with Crippen molar-refractivity contribution in [3.05, 3.63) is 58.8 Å². The third-order valence-electron chi connectivity index (χ3n) is 5.51. The van der Waals surface area contributed by atoms with Crippen LogP contribution in [0.2, 0.25) is 5.02 Å². The lowest BCUT2D eigenvalue weighted by atomic mass is 10.0. The number of thiophene rings is 1. The quantitative estimate of drug-likeness (QED) is 0.448. The van der Waals surface area contributed by atoms with Crippen molar-refractivity contribution in [2.24, 2.45) is 10.7 Å². The van der Waals surface area contributed by atoms with Crippen LogP contribution in [0, 0.1) is 0 Å². The standard InChI is InChI=1S/C21H20ClN7OS2/c1-21(12-32(3,30)28(2)20(23)27-21)19-16(22)15-8-9-24-17(18(15)31-19)13-4-6-14(7-5-13)29-25-10-11-26-29/h4-11H,3,12H2,1-2H3,(H2,23,27)/t21-,32?/m0/s1. The summed E-state index contributed by atoms with van der Waals surface area (Å²) in [6.45, 7) is 1.90. The van der Waals surface area contributed by atoms with Gasteiger partial charge in [-0.3, -0.25) is 9.29 Å². The van der Waals surface area contributed by atoms with Crippen LogP contribution in [0.25, 0.3) is 27.0 Å². The van der Waals surface area contributed by atoms with Gasteiger partial charge in [-0.1, -0.05) is 23.7 Å². The Morgan fingerprint density at radius 2 is 1.88 bits per heavy atom. The Kier molecular flexibility index (Phi) is 4.77. The summed E-state index contributed by atoms with van der Waals surface area (Å²) in [5.74, 6) is 4.30. The maximum atomic E-state index is 13.1. The Morgan fingerprint density at radius 1 is 1.19 bits per heavy atom. The molecule has 1 unspecified atom stereocenters. The van der Waals surface area contributed by atoms with E-state index in [0.29, 0.717) is 5.02 Å². The van der Waals surface area contributed by atoms with Crippen LogP contribution < -0.4 is 5.73 Å². The van der Waals surface area contributed by atoms with Crippen LogP contribution in [-0.4, -0.2) is 53.1 Å². The van der Waals surface area contributed by atoms with Crippen LogP contribution in [0.4, 0.5) is 0 Å². The van der Waals surface area contributed by atoms with E-state index in [9.17, 15) is 4.21 Å². The molecular formula is C21H20ClN7OS2. The molecule has 0 bridgehead atoms. The molecule has 5 rings (SSSR count). The largest absolute Gasteiger partial charge is 0.369 e. The number of pyridine rings is 1. The van der Waals surface area contributed by atoms with Gasteiger partial charge in [0.2, 0.25) is 5.96 Å². The van der Waals surface area contributed by atoms with Gasteiger partial charge >= 0.3 is 0 Å². The summed E-state index contributed by atoms with van der Waals surface area (Å²) in [6, 6.07) is 9.71. The van der Waals surface area contributed by atoms with Crippen molar-refractivity contribution in [1.82, 2.24) is 24.3 Å². The van der Waals surface area contributed by atoms with E-state index in [0.717, 1.165) is 31.9 Å². The van der Waals surface area contributed by atoms with Crippen molar-refractivity contribution < 1.29 is 4.21 Å². The van der Waals surface area contributed by atoms with Crippen LogP contribution >= 0.6 is 22.9 Å². The average Bonchev–Trinajstić information content (AvgIpc) is 3.41. The predicted molar refractivity (Wildman–Crippen MR) is 132 cm³/mol. The van der Waals surface area contributed by atoms with E-state index in [1.807, 2.05) is 37.3 Å². The second-order valence-electron chi connectivity index (χ2n) is 7.81. The van der Waals surface area contributed by atoms with E-state index in [4.69, 9.17) is 17.3 Å². The molecule has 0 radical (unpaired) electrons. The Morgan fingerprint density at radius 3 is 2.53 bits per heavy atom. The summed E-state index contributed by atoms with van der Waals surface area (Å²) < 4.78 is 15.4. The number of aliphatic imine (C=N–C) groups is 1. The van der Waals surface area contributed by atoms with E-state index in [2.05, 4.69) is 26.0 Å². The Labute approximate surface area is 194 Å². The number of aromatic nitrogens is 4. The van der Waals surface area contributed by atoms with Crippen LogP contribution in [0.15, 0.2) is 53.9 Å². The van der Waals surface area contributed by atoms with Gasteiger partial charge in [0.25, 0.3) is 0 Å². The van der Waals surface area contributed by atoms with Gasteiger partial charge in [-0.05, 0) is 31.0 Å². The monoisotopic (exact) mass is 485 g/mol. The maximum Gasteiger partial charge on any atom is 0.203 e. The zero-order valence-corrected chi connectivity index (χ0v) is 19.8. The Bertz CT molecular complexity index is 1460. The zero-order valence-electron chi connectivity index (χ0n) is 17.4. The summed E-state index contributed by atoms with van der Waals surface area (Å²) in [5.41, 5.74) is 7.84. The normalized spacial score (nSPS) is 23.5. The SMILES string of the molecule is C=S1(=O)C[C@@](C)(c2sc3c(-c4ccc(-n5nccn5)cc4)nccc3c2Cl)N=C(N)N1C. The van der Waals surface area contributed by atoms with Gasteiger partial charge in [0.15, 0.2) is 0 Å². The number of fused-ring (bicyclic) bond motifs is 1.